The summed E-state index contributed by atoms with van der Waals surface area (Å²) in [6.45, 7) is 0.702. The van der Waals surface area contributed by atoms with Crippen molar-refractivity contribution in [1.82, 2.24) is 24.4 Å². The zero-order valence-electron chi connectivity index (χ0n) is 20.0. The first-order valence-corrected chi connectivity index (χ1v) is 12.1. The van der Waals surface area contributed by atoms with Gasteiger partial charge >= 0.3 is 0 Å². The molecule has 0 radical (unpaired) electrons. The van der Waals surface area contributed by atoms with Crippen molar-refractivity contribution in [1.29, 1.82) is 0 Å². The summed E-state index contributed by atoms with van der Waals surface area (Å²) in [4.78, 5) is 28.9. The highest BCUT2D eigenvalue weighted by atomic mass is 16.3. The van der Waals surface area contributed by atoms with Crippen molar-refractivity contribution < 1.29 is 9.90 Å². The van der Waals surface area contributed by atoms with Gasteiger partial charge in [-0.3, -0.25) is 9.78 Å². The number of fused-ring (bicyclic) bond motifs is 5. The highest BCUT2D eigenvalue weighted by Crippen LogP contribution is 2.39. The molecule has 0 spiro atoms. The van der Waals surface area contributed by atoms with E-state index >= 15 is 0 Å². The van der Waals surface area contributed by atoms with Crippen molar-refractivity contribution in [2.24, 2.45) is 7.05 Å². The molecule has 1 aromatic carbocycles. The summed E-state index contributed by atoms with van der Waals surface area (Å²) in [7, 11) is 1.89. The van der Waals surface area contributed by atoms with E-state index in [2.05, 4.69) is 26.8 Å². The Morgan fingerprint density at radius 3 is 2.78 bits per heavy atom. The summed E-state index contributed by atoms with van der Waals surface area (Å²) in [6, 6.07) is 11.5. The maximum absolute atomic E-state index is 13.9. The zero-order chi connectivity index (χ0) is 24.9. The highest BCUT2D eigenvalue weighted by molar-refractivity contribution is 6.11. The predicted octanol–water partition coefficient (Wildman–Crippen LogP) is 3.43. The lowest BCUT2D eigenvalue weighted by Gasteiger charge is -2.21. The molecule has 3 aromatic heterocycles. The molecule has 180 valence electrons. The van der Waals surface area contributed by atoms with Crippen molar-refractivity contribution >= 4 is 22.8 Å². The number of carbonyl (C=O) groups excluding carboxylic acids is 1. The maximum Gasteiger partial charge on any atom is 0.271 e. The quantitative estimate of drug-likeness (QED) is 0.427. The minimum absolute atomic E-state index is 0.112. The van der Waals surface area contributed by atoms with Crippen LogP contribution in [0.1, 0.15) is 53.0 Å². The largest absolute Gasteiger partial charge is 0.378 e. The zero-order valence-corrected chi connectivity index (χ0v) is 20.0. The number of aryl methyl sites for hydroxylation is 1. The van der Waals surface area contributed by atoms with Gasteiger partial charge in [-0.2, -0.15) is 0 Å². The molecule has 1 aliphatic heterocycles. The fourth-order valence-corrected chi connectivity index (χ4v) is 5.28. The van der Waals surface area contributed by atoms with Crippen LogP contribution in [-0.4, -0.2) is 41.0 Å². The summed E-state index contributed by atoms with van der Waals surface area (Å²) >= 11 is 0. The second kappa shape index (κ2) is 8.47. The summed E-state index contributed by atoms with van der Waals surface area (Å²) in [5, 5.41) is 11.5. The van der Waals surface area contributed by atoms with Crippen molar-refractivity contribution in [2.45, 2.75) is 44.4 Å². The number of carbonyl (C=O) groups is 1. The Hall–Kier alpha value is -4.22. The van der Waals surface area contributed by atoms with E-state index in [1.54, 1.807) is 17.3 Å². The number of amides is 1. The minimum Gasteiger partial charge on any atom is -0.378 e. The molecule has 0 bridgehead atoms. The van der Waals surface area contributed by atoms with Gasteiger partial charge in [0.05, 0.1) is 24.5 Å². The van der Waals surface area contributed by atoms with Crippen LogP contribution in [0, 0.1) is 11.8 Å². The topological polar surface area (TPSA) is 110 Å². The smallest absolute Gasteiger partial charge is 0.271 e. The van der Waals surface area contributed by atoms with Crippen molar-refractivity contribution in [3.63, 3.8) is 0 Å². The molecule has 3 N–H and O–H groups in total. The Kier molecular flexibility index (Phi) is 5.23. The molecule has 0 unspecified atom stereocenters. The van der Waals surface area contributed by atoms with Crippen LogP contribution in [0.4, 0.5) is 5.95 Å². The van der Waals surface area contributed by atoms with Gasteiger partial charge in [0, 0.05) is 47.0 Å². The fourth-order valence-electron chi connectivity index (χ4n) is 5.28. The number of nitrogens with two attached hydrogens (primary N) is 1. The molecule has 1 aliphatic carbocycles. The Balaban J connectivity index is 1.53. The van der Waals surface area contributed by atoms with E-state index in [0.29, 0.717) is 37.3 Å². The summed E-state index contributed by atoms with van der Waals surface area (Å²) in [5.41, 5.74) is 10.3. The number of nitrogen functional groups attached to an aromatic ring is 1. The number of rotatable bonds is 2. The van der Waals surface area contributed by atoms with Crippen LogP contribution in [-0.2, 0) is 20.1 Å². The molecule has 4 heterocycles. The van der Waals surface area contributed by atoms with Crippen molar-refractivity contribution in [3.8, 4) is 23.1 Å². The third kappa shape index (κ3) is 3.78. The van der Waals surface area contributed by atoms with Crippen LogP contribution >= 0.6 is 0 Å². The second-order valence-electron chi connectivity index (χ2n) is 9.59. The molecule has 1 amide bonds. The van der Waals surface area contributed by atoms with E-state index in [0.717, 1.165) is 46.1 Å². The van der Waals surface area contributed by atoms with E-state index < -0.39 is 5.60 Å². The van der Waals surface area contributed by atoms with Gasteiger partial charge in [-0.05, 0) is 56.0 Å². The molecule has 8 nitrogen and oxygen atoms in total. The summed E-state index contributed by atoms with van der Waals surface area (Å²) < 4.78 is 1.91. The molecule has 1 saturated carbocycles. The summed E-state index contributed by atoms with van der Waals surface area (Å²) in [6.07, 6.45) is 6.81. The molecule has 8 heteroatoms. The van der Waals surface area contributed by atoms with E-state index in [9.17, 15) is 9.90 Å². The number of hydrogen-bond donors (Lipinski definition) is 2. The van der Waals surface area contributed by atoms with Gasteiger partial charge in [-0.1, -0.05) is 17.9 Å². The first kappa shape index (κ1) is 22.3. The lowest BCUT2D eigenvalue weighted by molar-refractivity contribution is 0.0722. The van der Waals surface area contributed by atoms with Gasteiger partial charge < -0.3 is 20.3 Å². The number of aliphatic hydroxyl groups is 1. The normalized spacial score (nSPS) is 16.3. The van der Waals surface area contributed by atoms with E-state index in [1.165, 1.54) is 0 Å². The Bertz CT molecular complexity index is 1560. The molecule has 6 rings (SSSR count). The number of hydrogen-bond acceptors (Lipinski definition) is 6. The van der Waals surface area contributed by atoms with Crippen LogP contribution in [0.2, 0.25) is 0 Å². The number of anilines is 1. The SMILES string of the molecule is Cn1c2c(c3cc(C#CC4(O)CCCC4)ccc31)-c1nc(N)ncc1CN(Cc1ccccn1)C2=O. The number of aromatic nitrogens is 4. The standard InChI is InChI=1S/C28H26N6O2/c1-33-22-8-7-18(9-12-28(36)10-3-4-11-28)14-21(22)23-24-19(15-31-27(29)32-24)16-34(26(35)25(23)33)17-20-6-2-5-13-30-20/h2,5-8,13-15,36H,3-4,10-11,16-17H2,1H3,(H2,29,31,32). The predicted molar refractivity (Wildman–Crippen MR) is 136 cm³/mol. The van der Waals surface area contributed by atoms with Gasteiger partial charge in [-0.25, -0.2) is 9.97 Å². The fraction of sp³-hybridized carbons (Fsp3) is 0.286. The lowest BCUT2D eigenvalue weighted by atomic mass is 10.0. The minimum atomic E-state index is -0.918. The number of nitrogens with zero attached hydrogens (tertiary/aromatic N) is 5. The van der Waals surface area contributed by atoms with Crippen LogP contribution < -0.4 is 5.73 Å². The molecular weight excluding hydrogens is 452 g/mol. The Morgan fingerprint density at radius 2 is 2.00 bits per heavy atom. The molecule has 0 saturated heterocycles. The highest BCUT2D eigenvalue weighted by Gasteiger charge is 2.33. The van der Waals surface area contributed by atoms with E-state index in [1.807, 2.05) is 48.0 Å². The van der Waals surface area contributed by atoms with Crippen LogP contribution in [0.25, 0.3) is 22.2 Å². The first-order valence-electron chi connectivity index (χ1n) is 12.1. The van der Waals surface area contributed by atoms with E-state index in [4.69, 9.17) is 5.73 Å². The third-order valence-corrected chi connectivity index (χ3v) is 7.12. The molecule has 0 atom stereocenters. The number of benzene rings is 1. The van der Waals surface area contributed by atoms with Crippen LogP contribution in [0.5, 0.6) is 0 Å². The van der Waals surface area contributed by atoms with E-state index in [-0.39, 0.29) is 11.9 Å². The molecule has 36 heavy (non-hydrogen) atoms. The van der Waals surface area contributed by atoms with Crippen molar-refractivity contribution in [3.05, 3.63) is 71.3 Å². The van der Waals surface area contributed by atoms with Gasteiger partial charge in [0.1, 0.15) is 11.3 Å². The summed E-state index contributed by atoms with van der Waals surface area (Å²) in [5.74, 6) is 6.29. The monoisotopic (exact) mass is 478 g/mol. The molecular formula is C28H26N6O2. The average Bonchev–Trinajstić information content (AvgIpc) is 3.41. The molecule has 1 fully saturated rings. The van der Waals surface area contributed by atoms with Gasteiger partial charge in [-0.15, -0.1) is 0 Å². The molecule has 4 aromatic rings. The molecule has 2 aliphatic rings. The van der Waals surface area contributed by atoms with Gasteiger partial charge in [0.15, 0.2) is 0 Å². The Labute approximate surface area is 208 Å². The van der Waals surface area contributed by atoms with Gasteiger partial charge in [0.2, 0.25) is 5.95 Å². The van der Waals surface area contributed by atoms with Crippen molar-refractivity contribution in [2.75, 3.05) is 5.73 Å². The van der Waals surface area contributed by atoms with Crippen LogP contribution in [0.15, 0.2) is 48.8 Å². The second-order valence-corrected chi connectivity index (χ2v) is 9.59. The Morgan fingerprint density at radius 1 is 1.17 bits per heavy atom. The van der Waals surface area contributed by atoms with Crippen LogP contribution in [0.3, 0.4) is 0 Å². The van der Waals surface area contributed by atoms with Gasteiger partial charge in [0.25, 0.3) is 5.91 Å². The first-order chi connectivity index (χ1) is 17.4. The number of pyridine rings is 1. The third-order valence-electron chi connectivity index (χ3n) is 7.12. The maximum atomic E-state index is 13.9. The average molecular weight is 479 g/mol. The lowest BCUT2D eigenvalue weighted by Crippen LogP contribution is -2.31.